The van der Waals surface area contributed by atoms with E-state index in [-0.39, 0.29) is 17.9 Å². The lowest BCUT2D eigenvalue weighted by Crippen LogP contribution is -2.55. The summed E-state index contributed by atoms with van der Waals surface area (Å²) in [6.07, 6.45) is 0.499. The molecule has 0 aromatic heterocycles. The lowest BCUT2D eigenvalue weighted by Gasteiger charge is -2.36. The van der Waals surface area contributed by atoms with Gasteiger partial charge in [0.05, 0.1) is 6.61 Å². The van der Waals surface area contributed by atoms with Crippen molar-refractivity contribution in [2.45, 2.75) is 25.8 Å². The maximum Gasteiger partial charge on any atom is 0.409 e. The van der Waals surface area contributed by atoms with E-state index in [1.54, 1.807) is 45.9 Å². The SMILES string of the molecule is CCOC(=O)N1CCN(C(=O)C2CCC(=O)N2c2ccc(Cl)cc2)CC1. The van der Waals surface area contributed by atoms with Crippen LogP contribution in [0.25, 0.3) is 0 Å². The number of amides is 3. The summed E-state index contributed by atoms with van der Waals surface area (Å²) in [5.74, 6) is -0.134. The molecule has 1 unspecified atom stereocenters. The predicted molar refractivity (Wildman–Crippen MR) is 97.1 cm³/mol. The minimum absolute atomic E-state index is 0.0594. The number of hydrogen-bond donors (Lipinski definition) is 0. The zero-order chi connectivity index (χ0) is 18.7. The van der Waals surface area contributed by atoms with Crippen LogP contribution in [0.4, 0.5) is 10.5 Å². The molecular formula is C18H22ClN3O4. The zero-order valence-electron chi connectivity index (χ0n) is 14.7. The van der Waals surface area contributed by atoms with Gasteiger partial charge in [0.2, 0.25) is 11.8 Å². The van der Waals surface area contributed by atoms with Crippen molar-refractivity contribution in [2.75, 3.05) is 37.7 Å². The quantitative estimate of drug-likeness (QED) is 0.806. The molecule has 8 heteroatoms. The van der Waals surface area contributed by atoms with Gasteiger partial charge in [-0.3, -0.25) is 14.5 Å². The molecule has 3 rings (SSSR count). The number of ether oxygens (including phenoxy) is 1. The molecule has 1 atom stereocenters. The molecule has 2 heterocycles. The normalized spacial score (nSPS) is 20.5. The number of nitrogens with zero attached hydrogens (tertiary/aromatic N) is 3. The minimum Gasteiger partial charge on any atom is -0.450 e. The molecule has 2 fully saturated rings. The Hall–Kier alpha value is -2.28. The van der Waals surface area contributed by atoms with Crippen molar-refractivity contribution >= 4 is 35.2 Å². The number of piperazine rings is 1. The third-order valence-corrected chi connectivity index (χ3v) is 4.97. The van der Waals surface area contributed by atoms with Gasteiger partial charge in [-0.05, 0) is 37.6 Å². The summed E-state index contributed by atoms with van der Waals surface area (Å²) in [6, 6.07) is 6.43. The standard InChI is InChI=1S/C18H22ClN3O4/c1-2-26-18(25)21-11-9-20(10-12-21)17(24)15-7-8-16(23)22(15)14-5-3-13(19)4-6-14/h3-6,15H,2,7-12H2,1H3. The second-order valence-corrected chi connectivity index (χ2v) is 6.74. The number of carbonyl (C=O) groups is 3. The van der Waals surface area contributed by atoms with Gasteiger partial charge < -0.3 is 14.5 Å². The van der Waals surface area contributed by atoms with Crippen molar-refractivity contribution in [1.82, 2.24) is 9.80 Å². The molecule has 26 heavy (non-hydrogen) atoms. The van der Waals surface area contributed by atoms with Crippen LogP contribution in [0.5, 0.6) is 0 Å². The van der Waals surface area contributed by atoms with Crippen LogP contribution in [0, 0.1) is 0 Å². The Bertz CT molecular complexity index is 686. The topological polar surface area (TPSA) is 70.2 Å². The van der Waals surface area contributed by atoms with Crippen molar-refractivity contribution in [3.63, 3.8) is 0 Å². The van der Waals surface area contributed by atoms with Gasteiger partial charge in [-0.1, -0.05) is 11.6 Å². The maximum absolute atomic E-state index is 13.0. The lowest BCUT2D eigenvalue weighted by atomic mass is 10.1. The average molecular weight is 380 g/mol. The number of hydrogen-bond acceptors (Lipinski definition) is 4. The van der Waals surface area contributed by atoms with Crippen LogP contribution in [0.15, 0.2) is 24.3 Å². The Morgan fingerprint density at radius 3 is 2.35 bits per heavy atom. The van der Waals surface area contributed by atoms with Gasteiger partial charge in [0.25, 0.3) is 0 Å². The first kappa shape index (κ1) is 18.5. The molecule has 0 N–H and O–H groups in total. The highest BCUT2D eigenvalue weighted by Gasteiger charge is 2.40. The fraction of sp³-hybridized carbons (Fsp3) is 0.500. The van der Waals surface area contributed by atoms with E-state index in [9.17, 15) is 14.4 Å². The van der Waals surface area contributed by atoms with Crippen molar-refractivity contribution in [3.8, 4) is 0 Å². The molecule has 0 spiro atoms. The number of carbonyl (C=O) groups excluding carboxylic acids is 3. The largest absolute Gasteiger partial charge is 0.450 e. The van der Waals surface area contributed by atoms with Gasteiger partial charge >= 0.3 is 6.09 Å². The summed E-state index contributed by atoms with van der Waals surface area (Å²) in [5.41, 5.74) is 0.681. The Morgan fingerprint density at radius 2 is 1.73 bits per heavy atom. The van der Waals surface area contributed by atoms with Crippen LogP contribution < -0.4 is 4.90 Å². The molecule has 2 aliphatic rings. The third kappa shape index (κ3) is 3.77. The fourth-order valence-corrected chi connectivity index (χ4v) is 3.50. The summed E-state index contributed by atoms with van der Waals surface area (Å²) < 4.78 is 5.00. The summed E-state index contributed by atoms with van der Waals surface area (Å²) in [6.45, 7) is 3.85. The van der Waals surface area contributed by atoms with E-state index < -0.39 is 6.04 Å². The third-order valence-electron chi connectivity index (χ3n) is 4.72. The molecule has 1 aromatic rings. The van der Waals surface area contributed by atoms with Crippen molar-refractivity contribution < 1.29 is 19.1 Å². The van der Waals surface area contributed by atoms with E-state index in [1.807, 2.05) is 0 Å². The molecule has 0 aliphatic carbocycles. The first-order valence-electron chi connectivity index (χ1n) is 8.79. The van der Waals surface area contributed by atoms with E-state index in [0.717, 1.165) is 0 Å². The number of benzene rings is 1. The van der Waals surface area contributed by atoms with Crippen molar-refractivity contribution in [1.29, 1.82) is 0 Å². The Kier molecular flexibility index (Phi) is 5.66. The summed E-state index contributed by atoms with van der Waals surface area (Å²) in [4.78, 5) is 42.0. The van der Waals surface area contributed by atoms with Crippen LogP contribution in [0.3, 0.4) is 0 Å². The van der Waals surface area contributed by atoms with Crippen LogP contribution in [-0.2, 0) is 14.3 Å². The second kappa shape index (κ2) is 7.95. The summed E-state index contributed by atoms with van der Waals surface area (Å²) >= 11 is 5.92. The molecule has 0 saturated carbocycles. The summed E-state index contributed by atoms with van der Waals surface area (Å²) in [5, 5.41) is 0.582. The Morgan fingerprint density at radius 1 is 1.12 bits per heavy atom. The highest BCUT2D eigenvalue weighted by Crippen LogP contribution is 2.29. The molecule has 7 nitrogen and oxygen atoms in total. The highest BCUT2D eigenvalue weighted by molar-refractivity contribution is 6.30. The van der Waals surface area contributed by atoms with Gasteiger partial charge in [0, 0.05) is 43.3 Å². The Balaban J connectivity index is 1.66. The molecule has 2 aliphatic heterocycles. The smallest absolute Gasteiger partial charge is 0.409 e. The molecular weight excluding hydrogens is 358 g/mol. The first-order valence-corrected chi connectivity index (χ1v) is 9.17. The highest BCUT2D eigenvalue weighted by atomic mass is 35.5. The number of anilines is 1. The van der Waals surface area contributed by atoms with Crippen LogP contribution >= 0.6 is 11.6 Å². The van der Waals surface area contributed by atoms with Gasteiger partial charge in [-0.25, -0.2) is 4.79 Å². The predicted octanol–water partition coefficient (Wildman–Crippen LogP) is 2.14. The van der Waals surface area contributed by atoms with Crippen LogP contribution in [-0.4, -0.2) is 66.5 Å². The molecule has 140 valence electrons. The van der Waals surface area contributed by atoms with Gasteiger partial charge in [0.1, 0.15) is 6.04 Å². The van der Waals surface area contributed by atoms with Crippen LogP contribution in [0.1, 0.15) is 19.8 Å². The van der Waals surface area contributed by atoms with Gasteiger partial charge in [0.15, 0.2) is 0 Å². The van der Waals surface area contributed by atoms with E-state index in [2.05, 4.69) is 0 Å². The fourth-order valence-electron chi connectivity index (χ4n) is 3.38. The molecule has 0 radical (unpaired) electrons. The van der Waals surface area contributed by atoms with Gasteiger partial charge in [-0.15, -0.1) is 0 Å². The minimum atomic E-state index is -0.502. The van der Waals surface area contributed by atoms with Crippen molar-refractivity contribution in [2.24, 2.45) is 0 Å². The zero-order valence-corrected chi connectivity index (χ0v) is 15.4. The maximum atomic E-state index is 13.0. The van der Waals surface area contributed by atoms with Crippen LogP contribution in [0.2, 0.25) is 5.02 Å². The Labute approximate surface area is 157 Å². The van der Waals surface area contributed by atoms with Gasteiger partial charge in [-0.2, -0.15) is 0 Å². The molecule has 0 bridgehead atoms. The molecule has 1 aromatic carbocycles. The second-order valence-electron chi connectivity index (χ2n) is 6.31. The van der Waals surface area contributed by atoms with Crippen molar-refractivity contribution in [3.05, 3.63) is 29.3 Å². The first-order chi connectivity index (χ1) is 12.5. The number of halogens is 1. The average Bonchev–Trinajstić information content (AvgIpc) is 3.03. The molecule has 2 saturated heterocycles. The van der Waals surface area contributed by atoms with E-state index >= 15 is 0 Å². The number of rotatable bonds is 3. The molecule has 3 amide bonds. The van der Waals surface area contributed by atoms with E-state index in [1.165, 1.54) is 0 Å². The van der Waals surface area contributed by atoms with E-state index in [4.69, 9.17) is 16.3 Å². The lowest BCUT2D eigenvalue weighted by molar-refractivity contribution is -0.134. The van der Waals surface area contributed by atoms with E-state index in [0.29, 0.717) is 56.3 Å². The summed E-state index contributed by atoms with van der Waals surface area (Å²) in [7, 11) is 0. The monoisotopic (exact) mass is 379 g/mol.